The van der Waals surface area contributed by atoms with E-state index in [1.54, 1.807) is 12.3 Å². The normalized spacial score (nSPS) is 10.1. The van der Waals surface area contributed by atoms with Crippen molar-refractivity contribution in [2.75, 3.05) is 11.1 Å². The van der Waals surface area contributed by atoms with Crippen molar-refractivity contribution < 1.29 is 4.79 Å². The van der Waals surface area contributed by atoms with Gasteiger partial charge in [0.2, 0.25) is 0 Å². The van der Waals surface area contributed by atoms with Crippen molar-refractivity contribution in [2.45, 2.75) is 13.3 Å². The van der Waals surface area contributed by atoms with Crippen LogP contribution >= 0.6 is 0 Å². The highest BCUT2D eigenvalue weighted by molar-refractivity contribution is 6.06. The summed E-state index contributed by atoms with van der Waals surface area (Å²) in [6, 6.07) is 9.22. The summed E-state index contributed by atoms with van der Waals surface area (Å²) in [4.78, 5) is 16.0. The Morgan fingerprint density at radius 2 is 2.11 bits per heavy atom. The van der Waals surface area contributed by atoms with E-state index in [0.29, 0.717) is 16.9 Å². The van der Waals surface area contributed by atoms with Gasteiger partial charge in [0.15, 0.2) is 0 Å². The highest BCUT2D eigenvalue weighted by Crippen LogP contribution is 2.18. The number of anilines is 2. The van der Waals surface area contributed by atoms with Crippen LogP contribution in [0.1, 0.15) is 22.8 Å². The summed E-state index contributed by atoms with van der Waals surface area (Å²) in [6.07, 6.45) is 3.93. The topological polar surface area (TPSA) is 68.0 Å². The number of nitrogen functional groups attached to an aromatic ring is 1. The van der Waals surface area contributed by atoms with Crippen LogP contribution in [-0.4, -0.2) is 10.9 Å². The molecule has 0 saturated carbocycles. The van der Waals surface area contributed by atoms with Crippen molar-refractivity contribution >= 4 is 17.3 Å². The number of nitrogens with one attached hydrogen (secondary N) is 1. The average Bonchev–Trinajstić information content (AvgIpc) is 2.41. The molecule has 18 heavy (non-hydrogen) atoms. The lowest BCUT2D eigenvalue weighted by molar-refractivity contribution is 0.102. The van der Waals surface area contributed by atoms with Gasteiger partial charge in [-0.1, -0.05) is 25.1 Å². The number of hydrogen-bond donors (Lipinski definition) is 2. The summed E-state index contributed by atoms with van der Waals surface area (Å²) >= 11 is 0. The van der Waals surface area contributed by atoms with Crippen LogP contribution in [0.5, 0.6) is 0 Å². The van der Waals surface area contributed by atoms with Crippen LogP contribution in [0.2, 0.25) is 0 Å². The van der Waals surface area contributed by atoms with Crippen molar-refractivity contribution in [2.24, 2.45) is 0 Å². The van der Waals surface area contributed by atoms with Crippen molar-refractivity contribution in [3.8, 4) is 0 Å². The van der Waals surface area contributed by atoms with Gasteiger partial charge in [-0.3, -0.25) is 9.78 Å². The van der Waals surface area contributed by atoms with E-state index in [1.807, 2.05) is 31.2 Å². The lowest BCUT2D eigenvalue weighted by Gasteiger charge is -2.10. The van der Waals surface area contributed by atoms with Gasteiger partial charge in [0.25, 0.3) is 5.91 Å². The number of nitrogens with zero attached hydrogens (tertiary/aromatic N) is 1. The van der Waals surface area contributed by atoms with Crippen LogP contribution in [-0.2, 0) is 6.42 Å². The molecule has 0 spiro atoms. The molecule has 0 radical (unpaired) electrons. The summed E-state index contributed by atoms with van der Waals surface area (Å²) in [7, 11) is 0. The number of amides is 1. The smallest absolute Gasteiger partial charge is 0.255 e. The van der Waals surface area contributed by atoms with E-state index >= 15 is 0 Å². The first-order valence-corrected chi connectivity index (χ1v) is 5.81. The highest BCUT2D eigenvalue weighted by atomic mass is 16.1. The molecule has 1 aromatic heterocycles. The molecule has 0 aliphatic heterocycles. The SMILES string of the molecule is CCc1ccccc1C(=O)Nc1ccncc1N. The third kappa shape index (κ3) is 2.48. The molecule has 2 aromatic rings. The number of aromatic nitrogens is 1. The van der Waals surface area contributed by atoms with Crippen LogP contribution in [0.3, 0.4) is 0 Å². The second-order valence-electron chi connectivity index (χ2n) is 3.93. The van der Waals surface area contributed by atoms with E-state index < -0.39 is 0 Å². The summed E-state index contributed by atoms with van der Waals surface area (Å²) in [5, 5.41) is 2.80. The Morgan fingerprint density at radius 1 is 1.33 bits per heavy atom. The third-order valence-corrected chi connectivity index (χ3v) is 2.74. The largest absolute Gasteiger partial charge is 0.396 e. The molecule has 3 N–H and O–H groups in total. The van der Waals surface area contributed by atoms with E-state index in [0.717, 1.165) is 12.0 Å². The first-order chi connectivity index (χ1) is 8.72. The zero-order valence-electron chi connectivity index (χ0n) is 10.2. The van der Waals surface area contributed by atoms with E-state index in [1.165, 1.54) is 6.20 Å². The van der Waals surface area contributed by atoms with Crippen LogP contribution in [0, 0.1) is 0 Å². The zero-order valence-corrected chi connectivity index (χ0v) is 10.2. The molecule has 1 aromatic carbocycles. The lowest BCUT2D eigenvalue weighted by Crippen LogP contribution is -2.15. The molecule has 0 aliphatic rings. The van der Waals surface area contributed by atoms with Gasteiger partial charge in [0.1, 0.15) is 0 Å². The molecule has 1 amide bonds. The average molecular weight is 241 g/mol. The number of carbonyl (C=O) groups excluding carboxylic acids is 1. The Kier molecular flexibility index (Phi) is 3.57. The quantitative estimate of drug-likeness (QED) is 0.867. The number of benzene rings is 1. The van der Waals surface area contributed by atoms with Crippen molar-refractivity contribution in [1.29, 1.82) is 0 Å². The molecule has 4 nitrogen and oxygen atoms in total. The minimum atomic E-state index is -0.148. The molecule has 0 aliphatic carbocycles. The minimum Gasteiger partial charge on any atom is -0.396 e. The Labute approximate surface area is 106 Å². The Bertz CT molecular complexity index is 566. The number of pyridine rings is 1. The first kappa shape index (κ1) is 12.1. The summed E-state index contributed by atoms with van der Waals surface area (Å²) in [5.41, 5.74) is 8.48. The number of aryl methyl sites for hydroxylation is 1. The van der Waals surface area contributed by atoms with Crippen LogP contribution in [0.25, 0.3) is 0 Å². The Hall–Kier alpha value is -2.36. The van der Waals surface area contributed by atoms with E-state index in [4.69, 9.17) is 5.73 Å². The molecule has 2 rings (SSSR count). The molecule has 4 heteroatoms. The zero-order chi connectivity index (χ0) is 13.0. The molecule has 0 saturated heterocycles. The molecule has 0 atom stereocenters. The fraction of sp³-hybridized carbons (Fsp3) is 0.143. The van der Waals surface area contributed by atoms with Crippen LogP contribution in [0.15, 0.2) is 42.7 Å². The predicted octanol–water partition coefficient (Wildman–Crippen LogP) is 2.48. The Morgan fingerprint density at radius 3 is 2.83 bits per heavy atom. The molecule has 0 fully saturated rings. The predicted molar refractivity (Wildman–Crippen MR) is 72.4 cm³/mol. The molecule has 1 heterocycles. The van der Waals surface area contributed by atoms with Crippen molar-refractivity contribution in [3.05, 3.63) is 53.9 Å². The highest BCUT2D eigenvalue weighted by Gasteiger charge is 2.10. The van der Waals surface area contributed by atoms with Gasteiger partial charge in [-0.2, -0.15) is 0 Å². The van der Waals surface area contributed by atoms with Gasteiger partial charge in [0.05, 0.1) is 17.6 Å². The van der Waals surface area contributed by atoms with E-state index in [9.17, 15) is 4.79 Å². The maximum atomic E-state index is 12.2. The first-order valence-electron chi connectivity index (χ1n) is 5.81. The fourth-order valence-corrected chi connectivity index (χ4v) is 1.76. The molecule has 0 unspecified atom stereocenters. The van der Waals surface area contributed by atoms with Gasteiger partial charge in [-0.15, -0.1) is 0 Å². The number of hydrogen-bond acceptors (Lipinski definition) is 3. The minimum absolute atomic E-state index is 0.148. The Balaban J connectivity index is 2.25. The maximum Gasteiger partial charge on any atom is 0.255 e. The monoisotopic (exact) mass is 241 g/mol. The summed E-state index contributed by atoms with van der Waals surface area (Å²) in [5.74, 6) is -0.148. The summed E-state index contributed by atoms with van der Waals surface area (Å²) < 4.78 is 0. The van der Waals surface area contributed by atoms with Gasteiger partial charge in [-0.25, -0.2) is 0 Å². The molecular formula is C14H15N3O. The lowest BCUT2D eigenvalue weighted by atomic mass is 10.0. The third-order valence-electron chi connectivity index (χ3n) is 2.74. The number of carbonyl (C=O) groups is 1. The fourth-order valence-electron chi connectivity index (χ4n) is 1.76. The van der Waals surface area contributed by atoms with Crippen LogP contribution in [0.4, 0.5) is 11.4 Å². The second-order valence-corrected chi connectivity index (χ2v) is 3.93. The van der Waals surface area contributed by atoms with E-state index in [2.05, 4.69) is 10.3 Å². The standard InChI is InChI=1S/C14H15N3O/c1-2-10-5-3-4-6-11(10)14(18)17-13-7-8-16-9-12(13)15/h3-9H,2,15H2,1H3,(H,16,17,18). The molecule has 0 bridgehead atoms. The van der Waals surface area contributed by atoms with Gasteiger partial charge in [-0.05, 0) is 24.1 Å². The van der Waals surface area contributed by atoms with Gasteiger partial charge >= 0.3 is 0 Å². The number of rotatable bonds is 3. The van der Waals surface area contributed by atoms with Crippen molar-refractivity contribution in [3.63, 3.8) is 0 Å². The number of nitrogens with two attached hydrogens (primary N) is 1. The van der Waals surface area contributed by atoms with E-state index in [-0.39, 0.29) is 5.91 Å². The van der Waals surface area contributed by atoms with Gasteiger partial charge < -0.3 is 11.1 Å². The summed E-state index contributed by atoms with van der Waals surface area (Å²) in [6.45, 7) is 2.02. The molecule has 92 valence electrons. The second kappa shape index (κ2) is 5.31. The molecular weight excluding hydrogens is 226 g/mol. The van der Waals surface area contributed by atoms with Crippen molar-refractivity contribution in [1.82, 2.24) is 4.98 Å². The van der Waals surface area contributed by atoms with Gasteiger partial charge in [0, 0.05) is 11.8 Å². The van der Waals surface area contributed by atoms with Crippen LogP contribution < -0.4 is 11.1 Å². The maximum absolute atomic E-state index is 12.2.